The van der Waals surface area contributed by atoms with E-state index in [1.807, 2.05) is 19.0 Å². The fraction of sp³-hybridized carbons (Fsp3) is 0.429. The van der Waals surface area contributed by atoms with Crippen LogP contribution in [-0.4, -0.2) is 30.8 Å². The topological polar surface area (TPSA) is 41.1 Å². The molecule has 114 valence electrons. The Kier molecular flexibility index (Phi) is 5.96. The summed E-state index contributed by atoms with van der Waals surface area (Å²) in [6.07, 6.45) is 1.06. The number of rotatable bonds is 7. The van der Waals surface area contributed by atoms with Gasteiger partial charge >= 0.3 is 0 Å². The fourth-order valence-electron chi connectivity index (χ4n) is 1.70. The van der Waals surface area contributed by atoms with E-state index in [2.05, 4.69) is 22.4 Å². The van der Waals surface area contributed by atoms with Crippen LogP contribution in [0, 0.1) is 5.82 Å². The van der Waals surface area contributed by atoms with Crippen LogP contribution < -0.4 is 10.2 Å². The zero-order chi connectivity index (χ0) is 15.2. The van der Waals surface area contributed by atoms with Gasteiger partial charge in [-0.2, -0.15) is 0 Å². The Bertz CT molecular complexity index is 586. The van der Waals surface area contributed by atoms with E-state index in [4.69, 9.17) is 0 Å². The molecule has 0 spiro atoms. The first-order valence-electron chi connectivity index (χ1n) is 6.78. The van der Waals surface area contributed by atoms with Crippen molar-refractivity contribution >= 4 is 28.2 Å². The van der Waals surface area contributed by atoms with Crippen LogP contribution in [-0.2, 0) is 6.54 Å². The molecule has 0 saturated carbocycles. The fourth-order valence-corrected chi connectivity index (χ4v) is 3.53. The number of halogens is 1. The predicted octanol–water partition coefficient (Wildman–Crippen LogP) is 3.39. The Morgan fingerprint density at radius 3 is 2.81 bits per heavy atom. The van der Waals surface area contributed by atoms with Crippen molar-refractivity contribution in [1.82, 2.24) is 15.5 Å². The smallest absolute Gasteiger partial charge is 0.208 e. The van der Waals surface area contributed by atoms with E-state index in [9.17, 15) is 4.39 Å². The molecule has 0 unspecified atom stereocenters. The SMILES string of the molecule is CCCNCc1cc(F)ccc1Sc1nnc(N(C)C)s1. The second kappa shape index (κ2) is 7.72. The van der Waals surface area contributed by atoms with Crippen molar-refractivity contribution in [1.29, 1.82) is 0 Å². The Balaban J connectivity index is 2.13. The number of benzene rings is 1. The van der Waals surface area contributed by atoms with Crippen LogP contribution in [0.4, 0.5) is 9.52 Å². The quantitative estimate of drug-likeness (QED) is 0.790. The molecular formula is C14H19FN4S2. The molecule has 1 aromatic carbocycles. The summed E-state index contributed by atoms with van der Waals surface area (Å²) in [5.74, 6) is -0.209. The van der Waals surface area contributed by atoms with Crippen LogP contribution in [0.5, 0.6) is 0 Å². The van der Waals surface area contributed by atoms with Gasteiger partial charge in [-0.25, -0.2) is 4.39 Å². The number of hydrogen-bond donors (Lipinski definition) is 1. The maximum Gasteiger partial charge on any atom is 0.208 e. The number of aromatic nitrogens is 2. The Morgan fingerprint density at radius 2 is 2.14 bits per heavy atom. The summed E-state index contributed by atoms with van der Waals surface area (Å²) in [4.78, 5) is 2.94. The molecule has 0 atom stereocenters. The predicted molar refractivity (Wildman–Crippen MR) is 86.8 cm³/mol. The van der Waals surface area contributed by atoms with Crippen LogP contribution in [0.1, 0.15) is 18.9 Å². The summed E-state index contributed by atoms with van der Waals surface area (Å²) in [5, 5.41) is 12.5. The maximum atomic E-state index is 13.4. The van der Waals surface area contributed by atoms with Crippen LogP contribution in [0.15, 0.2) is 27.4 Å². The summed E-state index contributed by atoms with van der Waals surface area (Å²) in [6, 6.07) is 4.87. The van der Waals surface area contributed by atoms with Gasteiger partial charge in [0.25, 0.3) is 0 Å². The van der Waals surface area contributed by atoms with E-state index >= 15 is 0 Å². The molecule has 2 rings (SSSR count). The highest BCUT2D eigenvalue weighted by molar-refractivity contribution is 8.01. The van der Waals surface area contributed by atoms with Crippen molar-refractivity contribution in [3.63, 3.8) is 0 Å². The Labute approximate surface area is 132 Å². The molecule has 0 bridgehead atoms. The number of nitrogens with one attached hydrogen (secondary N) is 1. The lowest BCUT2D eigenvalue weighted by molar-refractivity contribution is 0.615. The highest BCUT2D eigenvalue weighted by atomic mass is 32.2. The summed E-state index contributed by atoms with van der Waals surface area (Å²) in [7, 11) is 3.87. The van der Waals surface area contributed by atoms with E-state index in [1.165, 1.54) is 29.2 Å². The second-order valence-electron chi connectivity index (χ2n) is 4.78. The zero-order valence-corrected chi connectivity index (χ0v) is 14.0. The number of hydrogen-bond acceptors (Lipinski definition) is 6. The van der Waals surface area contributed by atoms with Gasteiger partial charge in [0, 0.05) is 25.5 Å². The summed E-state index contributed by atoms with van der Waals surface area (Å²) >= 11 is 3.06. The van der Waals surface area contributed by atoms with Gasteiger partial charge in [0.15, 0.2) is 4.34 Å². The van der Waals surface area contributed by atoms with E-state index in [-0.39, 0.29) is 5.82 Å². The summed E-state index contributed by atoms with van der Waals surface area (Å²) < 4.78 is 14.3. The van der Waals surface area contributed by atoms with Gasteiger partial charge in [0.05, 0.1) is 0 Å². The van der Waals surface area contributed by atoms with Crippen molar-refractivity contribution in [3.8, 4) is 0 Å². The average Bonchev–Trinajstić information content (AvgIpc) is 2.91. The molecule has 0 aliphatic heterocycles. The van der Waals surface area contributed by atoms with Crippen molar-refractivity contribution in [2.24, 2.45) is 0 Å². The molecular weight excluding hydrogens is 307 g/mol. The highest BCUT2D eigenvalue weighted by Gasteiger charge is 2.11. The molecule has 2 aromatic rings. The van der Waals surface area contributed by atoms with Gasteiger partial charge < -0.3 is 10.2 Å². The van der Waals surface area contributed by atoms with Crippen molar-refractivity contribution in [2.45, 2.75) is 29.1 Å². The van der Waals surface area contributed by atoms with E-state index in [1.54, 1.807) is 12.1 Å². The first-order valence-corrected chi connectivity index (χ1v) is 8.41. The Hall–Kier alpha value is -1.18. The third kappa shape index (κ3) is 4.66. The van der Waals surface area contributed by atoms with Crippen LogP contribution in [0.2, 0.25) is 0 Å². The monoisotopic (exact) mass is 326 g/mol. The minimum absolute atomic E-state index is 0.209. The van der Waals surface area contributed by atoms with Crippen molar-refractivity contribution in [2.75, 3.05) is 25.5 Å². The van der Waals surface area contributed by atoms with E-state index < -0.39 is 0 Å². The first kappa shape index (κ1) is 16.2. The number of anilines is 1. The molecule has 1 N–H and O–H groups in total. The highest BCUT2D eigenvalue weighted by Crippen LogP contribution is 2.34. The normalized spacial score (nSPS) is 10.9. The maximum absolute atomic E-state index is 13.4. The molecule has 21 heavy (non-hydrogen) atoms. The summed E-state index contributed by atoms with van der Waals surface area (Å²) in [5.41, 5.74) is 0.954. The molecule has 1 aromatic heterocycles. The molecule has 0 saturated heterocycles. The standard InChI is InChI=1S/C14H19FN4S2/c1-4-7-16-9-10-8-11(15)5-6-12(10)20-14-18-17-13(21-14)19(2)3/h5-6,8,16H,4,7,9H2,1-3H3. The third-order valence-electron chi connectivity index (χ3n) is 2.74. The lowest BCUT2D eigenvalue weighted by Gasteiger charge is -2.09. The molecule has 4 nitrogen and oxygen atoms in total. The van der Waals surface area contributed by atoms with Gasteiger partial charge in [-0.1, -0.05) is 30.0 Å². The lowest BCUT2D eigenvalue weighted by atomic mass is 10.2. The van der Waals surface area contributed by atoms with Crippen LogP contribution >= 0.6 is 23.1 Å². The molecule has 0 amide bonds. The van der Waals surface area contributed by atoms with E-state index in [0.717, 1.165) is 32.9 Å². The second-order valence-corrected chi connectivity index (χ2v) is 7.02. The van der Waals surface area contributed by atoms with Gasteiger partial charge in [0.2, 0.25) is 5.13 Å². The zero-order valence-electron chi connectivity index (χ0n) is 12.4. The van der Waals surface area contributed by atoms with Gasteiger partial charge in [0.1, 0.15) is 5.82 Å². The molecule has 0 radical (unpaired) electrons. The molecule has 0 fully saturated rings. The molecule has 1 heterocycles. The molecule has 0 aliphatic carbocycles. The van der Waals surface area contributed by atoms with Gasteiger partial charge in [-0.15, -0.1) is 10.2 Å². The first-order chi connectivity index (χ1) is 10.1. The average molecular weight is 326 g/mol. The summed E-state index contributed by atoms with van der Waals surface area (Å²) in [6.45, 7) is 3.69. The molecule has 7 heteroatoms. The minimum atomic E-state index is -0.209. The van der Waals surface area contributed by atoms with Crippen LogP contribution in [0.25, 0.3) is 0 Å². The van der Waals surface area contributed by atoms with Gasteiger partial charge in [-0.05, 0) is 36.7 Å². The van der Waals surface area contributed by atoms with E-state index in [0.29, 0.717) is 6.54 Å². The van der Waals surface area contributed by atoms with Crippen LogP contribution in [0.3, 0.4) is 0 Å². The van der Waals surface area contributed by atoms with Crippen molar-refractivity contribution < 1.29 is 4.39 Å². The minimum Gasteiger partial charge on any atom is -0.353 e. The largest absolute Gasteiger partial charge is 0.353 e. The molecule has 0 aliphatic rings. The lowest BCUT2D eigenvalue weighted by Crippen LogP contribution is -2.14. The van der Waals surface area contributed by atoms with Crippen molar-refractivity contribution in [3.05, 3.63) is 29.6 Å². The number of nitrogens with zero attached hydrogens (tertiary/aromatic N) is 3. The van der Waals surface area contributed by atoms with Gasteiger partial charge in [-0.3, -0.25) is 0 Å². The Morgan fingerprint density at radius 1 is 1.33 bits per heavy atom. The third-order valence-corrected chi connectivity index (χ3v) is 5.00.